The van der Waals surface area contributed by atoms with Crippen LogP contribution in [0.1, 0.15) is 38.3 Å². The van der Waals surface area contributed by atoms with Crippen LogP contribution in [0.2, 0.25) is 5.02 Å². The fraction of sp³-hybridized carbons (Fsp3) is 0.571. The zero-order valence-electron chi connectivity index (χ0n) is 11.1. The zero-order valence-corrected chi connectivity index (χ0v) is 11.9. The highest BCUT2D eigenvalue weighted by atomic mass is 35.5. The highest BCUT2D eigenvalue weighted by molar-refractivity contribution is 6.32. The maximum atomic E-state index is 6.11. The lowest BCUT2D eigenvalue weighted by atomic mass is 10.1. The van der Waals surface area contributed by atoms with Crippen molar-refractivity contribution in [2.45, 2.75) is 32.7 Å². The monoisotopic (exact) mass is 271 g/mol. The van der Waals surface area contributed by atoms with E-state index < -0.39 is 0 Å². The van der Waals surface area contributed by atoms with Crippen LogP contribution in [-0.4, -0.2) is 19.8 Å². The van der Waals surface area contributed by atoms with Gasteiger partial charge in [0.25, 0.3) is 0 Å². The van der Waals surface area contributed by atoms with E-state index in [1.54, 1.807) is 0 Å². The van der Waals surface area contributed by atoms with Crippen molar-refractivity contribution in [3.8, 4) is 5.75 Å². The number of nitrogens with two attached hydrogens (primary N) is 1. The van der Waals surface area contributed by atoms with Crippen molar-refractivity contribution >= 4 is 11.6 Å². The van der Waals surface area contributed by atoms with Gasteiger partial charge < -0.3 is 15.2 Å². The Morgan fingerprint density at radius 2 is 2.06 bits per heavy atom. The van der Waals surface area contributed by atoms with Crippen LogP contribution in [0.15, 0.2) is 18.2 Å². The number of unbranched alkanes of at least 4 members (excludes halogenated alkanes) is 1. The second-order valence-electron chi connectivity index (χ2n) is 4.29. The normalized spacial score (nSPS) is 12.4. The number of rotatable bonds is 8. The van der Waals surface area contributed by atoms with Crippen molar-refractivity contribution < 1.29 is 9.47 Å². The highest BCUT2D eigenvalue weighted by Gasteiger charge is 2.05. The number of hydrogen-bond acceptors (Lipinski definition) is 3. The van der Waals surface area contributed by atoms with E-state index in [4.69, 9.17) is 26.8 Å². The molecule has 0 aliphatic heterocycles. The van der Waals surface area contributed by atoms with E-state index in [-0.39, 0.29) is 6.04 Å². The number of benzene rings is 1. The average molecular weight is 272 g/mol. The molecule has 102 valence electrons. The van der Waals surface area contributed by atoms with Gasteiger partial charge in [0, 0.05) is 12.6 Å². The molecule has 1 aromatic carbocycles. The van der Waals surface area contributed by atoms with Crippen molar-refractivity contribution in [1.82, 2.24) is 0 Å². The number of halogens is 1. The van der Waals surface area contributed by atoms with E-state index >= 15 is 0 Å². The van der Waals surface area contributed by atoms with Crippen LogP contribution >= 0.6 is 11.6 Å². The van der Waals surface area contributed by atoms with E-state index in [0.29, 0.717) is 24.0 Å². The van der Waals surface area contributed by atoms with Gasteiger partial charge in [-0.3, -0.25) is 0 Å². The van der Waals surface area contributed by atoms with Crippen molar-refractivity contribution in [3.05, 3.63) is 28.8 Å². The lowest BCUT2D eigenvalue weighted by Gasteiger charge is -2.11. The van der Waals surface area contributed by atoms with Crippen LogP contribution in [0.5, 0.6) is 5.75 Å². The zero-order chi connectivity index (χ0) is 13.4. The van der Waals surface area contributed by atoms with Gasteiger partial charge in [0.1, 0.15) is 12.4 Å². The van der Waals surface area contributed by atoms with Gasteiger partial charge in [-0.05, 0) is 31.0 Å². The predicted octanol–water partition coefficient (Wildman–Crippen LogP) is 3.56. The minimum atomic E-state index is -0.0195. The third kappa shape index (κ3) is 5.25. The van der Waals surface area contributed by atoms with E-state index in [1.807, 2.05) is 25.1 Å². The molecular weight excluding hydrogens is 250 g/mol. The second kappa shape index (κ2) is 8.35. The Morgan fingerprint density at radius 3 is 2.67 bits per heavy atom. The summed E-state index contributed by atoms with van der Waals surface area (Å²) in [6, 6.07) is 5.62. The summed E-state index contributed by atoms with van der Waals surface area (Å²) in [5.41, 5.74) is 6.79. The van der Waals surface area contributed by atoms with Gasteiger partial charge >= 0.3 is 0 Å². The minimum Gasteiger partial charge on any atom is -0.490 e. The lowest BCUT2D eigenvalue weighted by molar-refractivity contribution is 0.0981. The van der Waals surface area contributed by atoms with Crippen LogP contribution in [0.25, 0.3) is 0 Å². The first-order valence-electron chi connectivity index (χ1n) is 6.40. The standard InChI is InChI=1S/C14H22ClNO2/c1-3-4-7-17-8-9-18-14-6-5-12(11(2)16)10-13(14)15/h5-6,10-11H,3-4,7-9,16H2,1-2H3/t11-/m1/s1. The fourth-order valence-corrected chi connectivity index (χ4v) is 1.72. The third-order valence-electron chi connectivity index (χ3n) is 2.61. The summed E-state index contributed by atoms with van der Waals surface area (Å²) in [7, 11) is 0. The Hall–Kier alpha value is -0.770. The Bertz CT molecular complexity index is 356. The molecule has 2 N–H and O–H groups in total. The van der Waals surface area contributed by atoms with Crippen molar-refractivity contribution in [2.24, 2.45) is 5.73 Å². The summed E-state index contributed by atoms with van der Waals surface area (Å²) in [6.45, 7) is 5.96. The average Bonchev–Trinajstić information content (AvgIpc) is 2.35. The molecule has 4 heteroatoms. The maximum absolute atomic E-state index is 6.11. The van der Waals surface area contributed by atoms with Crippen LogP contribution < -0.4 is 10.5 Å². The molecule has 0 aliphatic carbocycles. The molecule has 0 saturated heterocycles. The summed E-state index contributed by atoms with van der Waals surface area (Å²) in [5.74, 6) is 0.681. The van der Waals surface area contributed by atoms with Gasteiger partial charge in [0.05, 0.1) is 11.6 Å². The molecule has 1 rings (SSSR count). The topological polar surface area (TPSA) is 44.5 Å². The smallest absolute Gasteiger partial charge is 0.138 e. The van der Waals surface area contributed by atoms with Gasteiger partial charge in [-0.2, -0.15) is 0 Å². The Labute approximate surface area is 114 Å². The SMILES string of the molecule is CCCCOCCOc1ccc([C@@H](C)N)cc1Cl. The first-order chi connectivity index (χ1) is 8.65. The van der Waals surface area contributed by atoms with Gasteiger partial charge in [-0.25, -0.2) is 0 Å². The third-order valence-corrected chi connectivity index (χ3v) is 2.90. The number of ether oxygens (including phenoxy) is 2. The van der Waals surface area contributed by atoms with Crippen LogP contribution in [-0.2, 0) is 4.74 Å². The lowest BCUT2D eigenvalue weighted by Crippen LogP contribution is -2.08. The molecule has 1 atom stereocenters. The molecule has 18 heavy (non-hydrogen) atoms. The van der Waals surface area contributed by atoms with Crippen LogP contribution in [0.4, 0.5) is 0 Å². The summed E-state index contributed by atoms with van der Waals surface area (Å²) >= 11 is 6.11. The first-order valence-corrected chi connectivity index (χ1v) is 6.78. The predicted molar refractivity (Wildman–Crippen MR) is 75.3 cm³/mol. The van der Waals surface area contributed by atoms with Gasteiger partial charge in [0.2, 0.25) is 0 Å². The molecule has 0 heterocycles. The molecule has 0 amide bonds. The van der Waals surface area contributed by atoms with Gasteiger partial charge in [-0.1, -0.05) is 31.0 Å². The van der Waals surface area contributed by atoms with Crippen LogP contribution in [0.3, 0.4) is 0 Å². The summed E-state index contributed by atoms with van der Waals surface area (Å²) < 4.78 is 11.0. The van der Waals surface area contributed by atoms with Crippen molar-refractivity contribution in [2.75, 3.05) is 19.8 Å². The van der Waals surface area contributed by atoms with E-state index in [2.05, 4.69) is 6.92 Å². The number of hydrogen-bond donors (Lipinski definition) is 1. The second-order valence-corrected chi connectivity index (χ2v) is 4.70. The quantitative estimate of drug-likeness (QED) is 0.736. The molecule has 0 unspecified atom stereocenters. The molecule has 0 aromatic heterocycles. The molecule has 0 bridgehead atoms. The highest BCUT2D eigenvalue weighted by Crippen LogP contribution is 2.27. The van der Waals surface area contributed by atoms with Crippen molar-refractivity contribution in [3.63, 3.8) is 0 Å². The summed E-state index contributed by atoms with van der Waals surface area (Å²) in [6.07, 6.45) is 2.23. The molecule has 1 aromatic rings. The Balaban J connectivity index is 2.34. The summed E-state index contributed by atoms with van der Waals surface area (Å²) in [4.78, 5) is 0. The van der Waals surface area contributed by atoms with E-state index in [1.165, 1.54) is 0 Å². The Kier molecular flexibility index (Phi) is 7.09. The maximum Gasteiger partial charge on any atom is 0.138 e. The van der Waals surface area contributed by atoms with Gasteiger partial charge in [-0.15, -0.1) is 0 Å². The Morgan fingerprint density at radius 1 is 1.28 bits per heavy atom. The van der Waals surface area contributed by atoms with Crippen LogP contribution in [0, 0.1) is 0 Å². The molecule has 0 aliphatic rings. The van der Waals surface area contributed by atoms with Gasteiger partial charge in [0.15, 0.2) is 0 Å². The largest absolute Gasteiger partial charge is 0.490 e. The van der Waals surface area contributed by atoms with E-state index in [9.17, 15) is 0 Å². The molecule has 3 nitrogen and oxygen atoms in total. The minimum absolute atomic E-state index is 0.0195. The molecule has 0 saturated carbocycles. The first kappa shape index (κ1) is 15.3. The van der Waals surface area contributed by atoms with E-state index in [0.717, 1.165) is 25.0 Å². The fourth-order valence-electron chi connectivity index (χ4n) is 1.48. The molecular formula is C14H22ClNO2. The molecule has 0 spiro atoms. The molecule has 0 fully saturated rings. The van der Waals surface area contributed by atoms with Crippen molar-refractivity contribution in [1.29, 1.82) is 0 Å². The summed E-state index contributed by atoms with van der Waals surface area (Å²) in [5, 5.41) is 0.596. The molecule has 0 radical (unpaired) electrons.